The molecule has 19 heavy (non-hydrogen) atoms. The number of carbonyl (C=O) groups is 1. The average Bonchev–Trinajstić information content (AvgIpc) is 2.41. The van der Waals surface area contributed by atoms with Crippen molar-refractivity contribution in [3.63, 3.8) is 0 Å². The fraction of sp³-hybridized carbons (Fsp3) is 0.462. The van der Waals surface area contributed by atoms with E-state index in [4.69, 9.17) is 4.74 Å². The van der Waals surface area contributed by atoms with Gasteiger partial charge in [0.15, 0.2) is 0 Å². The lowest BCUT2D eigenvalue weighted by Gasteiger charge is -2.37. The number of hydrogen-bond donors (Lipinski definition) is 1. The van der Waals surface area contributed by atoms with Crippen LogP contribution in [0.2, 0.25) is 0 Å². The SMILES string of the molecule is CC1COC(CO)CN1C(=O)c1cc(I)ccc1Br. The minimum absolute atomic E-state index is 0.0140. The largest absolute Gasteiger partial charge is 0.394 e. The van der Waals surface area contributed by atoms with Gasteiger partial charge in [-0.15, -0.1) is 0 Å². The Morgan fingerprint density at radius 3 is 3.05 bits per heavy atom. The minimum atomic E-state index is -0.290. The first kappa shape index (κ1) is 15.2. The highest BCUT2D eigenvalue weighted by atomic mass is 127. The Morgan fingerprint density at radius 1 is 1.63 bits per heavy atom. The second-order valence-electron chi connectivity index (χ2n) is 4.57. The third-order valence-corrected chi connectivity index (χ3v) is 4.49. The van der Waals surface area contributed by atoms with Crippen LogP contribution in [-0.4, -0.2) is 47.8 Å². The Balaban J connectivity index is 2.24. The highest BCUT2D eigenvalue weighted by Crippen LogP contribution is 2.23. The summed E-state index contributed by atoms with van der Waals surface area (Å²) in [6.45, 7) is 2.77. The number of nitrogens with zero attached hydrogens (tertiary/aromatic N) is 1. The van der Waals surface area contributed by atoms with E-state index in [9.17, 15) is 9.90 Å². The van der Waals surface area contributed by atoms with Gasteiger partial charge < -0.3 is 14.7 Å². The van der Waals surface area contributed by atoms with Crippen LogP contribution in [0.4, 0.5) is 0 Å². The van der Waals surface area contributed by atoms with Crippen LogP contribution in [0.15, 0.2) is 22.7 Å². The number of carbonyl (C=O) groups excluding carboxylic acids is 1. The van der Waals surface area contributed by atoms with Crippen molar-refractivity contribution in [3.05, 3.63) is 31.8 Å². The van der Waals surface area contributed by atoms with Crippen LogP contribution in [-0.2, 0) is 4.74 Å². The molecule has 0 radical (unpaired) electrons. The van der Waals surface area contributed by atoms with Crippen molar-refractivity contribution in [2.75, 3.05) is 19.8 Å². The summed E-state index contributed by atoms with van der Waals surface area (Å²) in [5.41, 5.74) is 0.650. The minimum Gasteiger partial charge on any atom is -0.394 e. The molecule has 6 heteroatoms. The van der Waals surface area contributed by atoms with Crippen molar-refractivity contribution in [1.29, 1.82) is 0 Å². The molecule has 1 aliphatic rings. The molecule has 1 N–H and O–H groups in total. The Morgan fingerprint density at radius 2 is 2.37 bits per heavy atom. The predicted molar refractivity (Wildman–Crippen MR) is 84.2 cm³/mol. The highest BCUT2D eigenvalue weighted by molar-refractivity contribution is 14.1. The molecule has 1 heterocycles. The van der Waals surface area contributed by atoms with E-state index in [1.807, 2.05) is 25.1 Å². The Hall–Kier alpha value is -0.180. The molecule has 1 aromatic rings. The van der Waals surface area contributed by atoms with E-state index < -0.39 is 0 Å². The van der Waals surface area contributed by atoms with E-state index in [0.717, 1.165) is 8.04 Å². The van der Waals surface area contributed by atoms with Crippen LogP contribution in [0, 0.1) is 3.57 Å². The van der Waals surface area contributed by atoms with Crippen molar-refractivity contribution < 1.29 is 14.6 Å². The second-order valence-corrected chi connectivity index (χ2v) is 6.67. The maximum atomic E-state index is 12.6. The van der Waals surface area contributed by atoms with Gasteiger partial charge >= 0.3 is 0 Å². The third-order valence-electron chi connectivity index (χ3n) is 3.13. The topological polar surface area (TPSA) is 49.8 Å². The third kappa shape index (κ3) is 3.48. The molecule has 1 saturated heterocycles. The number of rotatable bonds is 2. The fourth-order valence-corrected chi connectivity index (χ4v) is 2.93. The monoisotopic (exact) mass is 439 g/mol. The number of aliphatic hydroxyl groups excluding tert-OH is 1. The molecule has 0 saturated carbocycles. The van der Waals surface area contributed by atoms with E-state index in [1.54, 1.807) is 4.90 Å². The predicted octanol–water partition coefficient (Wildman–Crippen LogP) is 2.28. The zero-order chi connectivity index (χ0) is 14.0. The molecule has 2 unspecified atom stereocenters. The molecule has 0 bridgehead atoms. The van der Waals surface area contributed by atoms with Gasteiger partial charge in [-0.25, -0.2) is 0 Å². The normalized spacial score (nSPS) is 23.5. The molecule has 0 spiro atoms. The van der Waals surface area contributed by atoms with Gasteiger partial charge in [-0.1, -0.05) is 0 Å². The number of benzene rings is 1. The van der Waals surface area contributed by atoms with Gasteiger partial charge in [-0.05, 0) is 63.6 Å². The second kappa shape index (κ2) is 6.51. The summed E-state index contributed by atoms with van der Waals surface area (Å²) in [5, 5.41) is 9.17. The van der Waals surface area contributed by atoms with Crippen LogP contribution in [0.25, 0.3) is 0 Å². The van der Waals surface area contributed by atoms with Crippen LogP contribution in [0.3, 0.4) is 0 Å². The van der Waals surface area contributed by atoms with Gasteiger partial charge in [0.2, 0.25) is 0 Å². The van der Waals surface area contributed by atoms with Crippen LogP contribution in [0.5, 0.6) is 0 Å². The average molecular weight is 440 g/mol. The number of ether oxygens (including phenoxy) is 1. The number of amides is 1. The molecule has 0 aromatic heterocycles. The number of aliphatic hydroxyl groups is 1. The molecule has 1 fully saturated rings. The van der Waals surface area contributed by atoms with Crippen LogP contribution in [0.1, 0.15) is 17.3 Å². The van der Waals surface area contributed by atoms with E-state index in [1.165, 1.54) is 0 Å². The standard InChI is InChI=1S/C13H15BrINO3/c1-8-7-19-10(6-17)5-16(8)13(18)11-4-9(15)2-3-12(11)14/h2-4,8,10,17H,5-7H2,1H3. The molecular formula is C13H15BrINO3. The lowest BCUT2D eigenvalue weighted by atomic mass is 10.1. The van der Waals surface area contributed by atoms with E-state index >= 15 is 0 Å². The Bertz CT molecular complexity index is 483. The molecule has 1 aliphatic heterocycles. The molecule has 1 amide bonds. The molecule has 2 atom stereocenters. The first-order valence-electron chi connectivity index (χ1n) is 6.01. The zero-order valence-corrected chi connectivity index (χ0v) is 14.2. The molecule has 0 aliphatic carbocycles. The summed E-state index contributed by atoms with van der Waals surface area (Å²) in [4.78, 5) is 14.4. The smallest absolute Gasteiger partial charge is 0.255 e. The van der Waals surface area contributed by atoms with E-state index in [-0.39, 0.29) is 24.7 Å². The number of hydrogen-bond acceptors (Lipinski definition) is 3. The summed E-state index contributed by atoms with van der Waals surface area (Å²) in [6.07, 6.45) is -0.290. The van der Waals surface area contributed by atoms with Crippen molar-refractivity contribution >= 4 is 44.4 Å². The van der Waals surface area contributed by atoms with Gasteiger partial charge in [-0.3, -0.25) is 4.79 Å². The van der Waals surface area contributed by atoms with Crippen molar-refractivity contribution in [2.24, 2.45) is 0 Å². The Kier molecular flexibility index (Phi) is 5.22. The highest BCUT2D eigenvalue weighted by Gasteiger charge is 2.30. The number of morpholine rings is 1. The maximum absolute atomic E-state index is 12.6. The molecule has 2 rings (SSSR count). The summed E-state index contributed by atoms with van der Waals surface area (Å²) in [6, 6.07) is 5.70. The number of halogens is 2. The first-order valence-corrected chi connectivity index (χ1v) is 7.88. The molecule has 1 aromatic carbocycles. The zero-order valence-electron chi connectivity index (χ0n) is 10.5. The Labute approximate surface area is 134 Å². The molecule has 4 nitrogen and oxygen atoms in total. The van der Waals surface area contributed by atoms with E-state index in [2.05, 4.69) is 38.5 Å². The van der Waals surface area contributed by atoms with Crippen molar-refractivity contribution in [3.8, 4) is 0 Å². The van der Waals surface area contributed by atoms with Gasteiger partial charge in [0.05, 0.1) is 30.9 Å². The summed E-state index contributed by atoms with van der Waals surface area (Å²) < 4.78 is 7.26. The maximum Gasteiger partial charge on any atom is 0.255 e. The van der Waals surface area contributed by atoms with Gasteiger partial charge in [-0.2, -0.15) is 0 Å². The summed E-state index contributed by atoms with van der Waals surface area (Å²) in [7, 11) is 0. The quantitative estimate of drug-likeness (QED) is 0.719. The van der Waals surface area contributed by atoms with Gasteiger partial charge in [0.25, 0.3) is 5.91 Å². The first-order chi connectivity index (χ1) is 9.02. The molecular weight excluding hydrogens is 425 g/mol. The van der Waals surface area contributed by atoms with Crippen LogP contribution < -0.4 is 0 Å². The van der Waals surface area contributed by atoms with Crippen LogP contribution >= 0.6 is 38.5 Å². The van der Waals surface area contributed by atoms with Gasteiger partial charge in [0.1, 0.15) is 0 Å². The van der Waals surface area contributed by atoms with Crippen molar-refractivity contribution in [1.82, 2.24) is 4.90 Å². The van der Waals surface area contributed by atoms with Gasteiger partial charge in [0, 0.05) is 14.6 Å². The fourth-order valence-electron chi connectivity index (χ4n) is 2.03. The lowest BCUT2D eigenvalue weighted by Crippen LogP contribution is -2.52. The van der Waals surface area contributed by atoms with E-state index in [0.29, 0.717) is 18.7 Å². The lowest BCUT2D eigenvalue weighted by molar-refractivity contribution is -0.0667. The summed E-state index contributed by atoms with van der Waals surface area (Å²) >= 11 is 5.61. The molecule has 104 valence electrons. The van der Waals surface area contributed by atoms with Crippen molar-refractivity contribution in [2.45, 2.75) is 19.1 Å². The summed E-state index contributed by atoms with van der Waals surface area (Å²) in [5.74, 6) is -0.0281.